The van der Waals surface area contributed by atoms with Crippen molar-refractivity contribution in [2.75, 3.05) is 5.73 Å². The highest BCUT2D eigenvalue weighted by Gasteiger charge is 1.98. The van der Waals surface area contributed by atoms with Crippen molar-refractivity contribution < 1.29 is 9.18 Å². The van der Waals surface area contributed by atoms with Gasteiger partial charge in [-0.15, -0.1) is 0 Å². The number of benzene rings is 2. The smallest absolute Gasteiger partial charge is 0.244 e. The molecule has 0 aliphatic rings. The van der Waals surface area contributed by atoms with Crippen LogP contribution in [0.1, 0.15) is 11.1 Å². The predicted octanol–water partition coefficient (Wildman–Crippen LogP) is 2.74. The summed E-state index contributed by atoms with van der Waals surface area (Å²) in [5.41, 5.74) is 7.86. The summed E-state index contributed by atoms with van der Waals surface area (Å²) in [4.78, 5) is 11.6. The Morgan fingerprint density at radius 2 is 2.00 bits per heavy atom. The molecule has 2 aromatic carbocycles. The second-order valence-electron chi connectivity index (χ2n) is 4.35. The zero-order valence-corrected chi connectivity index (χ0v) is 10.8. The Hall–Kier alpha value is -2.62. The van der Waals surface area contributed by atoms with Crippen LogP contribution in [-0.2, 0) is 11.3 Å². The van der Waals surface area contributed by atoms with Crippen LogP contribution in [0.15, 0.2) is 54.6 Å². The van der Waals surface area contributed by atoms with Gasteiger partial charge in [-0.25, -0.2) is 4.39 Å². The number of halogens is 1. The Bertz CT molecular complexity index is 638. The lowest BCUT2D eigenvalue weighted by atomic mass is 10.2. The summed E-state index contributed by atoms with van der Waals surface area (Å²) in [6.45, 7) is 0.290. The van der Waals surface area contributed by atoms with Crippen molar-refractivity contribution in [2.45, 2.75) is 6.54 Å². The molecule has 0 saturated carbocycles. The minimum Gasteiger partial charge on any atom is -0.399 e. The van der Waals surface area contributed by atoms with Gasteiger partial charge in [-0.05, 0) is 41.5 Å². The van der Waals surface area contributed by atoms with Gasteiger partial charge in [0.2, 0.25) is 5.91 Å². The Morgan fingerprint density at radius 1 is 1.20 bits per heavy atom. The summed E-state index contributed by atoms with van der Waals surface area (Å²) >= 11 is 0. The highest BCUT2D eigenvalue weighted by molar-refractivity contribution is 5.91. The molecule has 102 valence electrons. The average Bonchev–Trinajstić information content (AvgIpc) is 2.43. The fourth-order valence-corrected chi connectivity index (χ4v) is 1.73. The first kappa shape index (κ1) is 13.8. The number of nitrogens with two attached hydrogens (primary N) is 1. The van der Waals surface area contributed by atoms with Crippen molar-refractivity contribution in [3.8, 4) is 0 Å². The Balaban J connectivity index is 1.89. The van der Waals surface area contributed by atoms with E-state index in [2.05, 4.69) is 5.32 Å². The minimum atomic E-state index is -0.313. The van der Waals surface area contributed by atoms with Crippen LogP contribution in [0.3, 0.4) is 0 Å². The fourth-order valence-electron chi connectivity index (χ4n) is 1.73. The zero-order valence-electron chi connectivity index (χ0n) is 10.8. The maximum Gasteiger partial charge on any atom is 0.244 e. The molecule has 0 atom stereocenters. The minimum absolute atomic E-state index is 0.239. The van der Waals surface area contributed by atoms with Crippen LogP contribution >= 0.6 is 0 Å². The van der Waals surface area contributed by atoms with E-state index >= 15 is 0 Å². The number of carbonyl (C=O) groups excluding carboxylic acids is 1. The number of hydrogen-bond donors (Lipinski definition) is 2. The van der Waals surface area contributed by atoms with Gasteiger partial charge in [0.05, 0.1) is 0 Å². The van der Waals surface area contributed by atoms with Crippen LogP contribution in [0.2, 0.25) is 0 Å². The molecule has 2 aromatic rings. The molecule has 0 bridgehead atoms. The van der Waals surface area contributed by atoms with Gasteiger partial charge in [-0.2, -0.15) is 0 Å². The van der Waals surface area contributed by atoms with E-state index in [1.165, 1.54) is 18.2 Å². The first-order chi connectivity index (χ1) is 9.63. The number of nitrogen functional groups attached to an aromatic ring is 1. The number of anilines is 1. The number of amides is 1. The van der Waals surface area contributed by atoms with Gasteiger partial charge >= 0.3 is 0 Å². The predicted molar refractivity (Wildman–Crippen MR) is 78.1 cm³/mol. The maximum atomic E-state index is 13.0. The van der Waals surface area contributed by atoms with Crippen molar-refractivity contribution in [3.05, 3.63) is 71.6 Å². The molecule has 0 aliphatic heterocycles. The summed E-state index contributed by atoms with van der Waals surface area (Å²) in [6.07, 6.45) is 3.10. The molecule has 0 fully saturated rings. The highest BCUT2D eigenvalue weighted by atomic mass is 19.1. The molecule has 3 N–H and O–H groups in total. The zero-order chi connectivity index (χ0) is 14.4. The third-order valence-corrected chi connectivity index (χ3v) is 2.69. The van der Waals surface area contributed by atoms with Crippen LogP contribution < -0.4 is 11.1 Å². The van der Waals surface area contributed by atoms with Crippen LogP contribution in [-0.4, -0.2) is 5.91 Å². The van der Waals surface area contributed by atoms with E-state index in [1.807, 2.05) is 12.1 Å². The summed E-state index contributed by atoms with van der Waals surface area (Å²) in [6, 6.07) is 13.3. The van der Waals surface area contributed by atoms with E-state index < -0.39 is 0 Å². The van der Waals surface area contributed by atoms with Crippen LogP contribution in [0, 0.1) is 5.82 Å². The van der Waals surface area contributed by atoms with E-state index in [9.17, 15) is 9.18 Å². The summed E-state index contributed by atoms with van der Waals surface area (Å²) < 4.78 is 13.0. The SMILES string of the molecule is Nc1cccc(/C=C/C(=O)NCc2cccc(F)c2)c1. The summed E-state index contributed by atoms with van der Waals surface area (Å²) in [7, 11) is 0. The molecule has 0 saturated heterocycles. The monoisotopic (exact) mass is 270 g/mol. The quantitative estimate of drug-likeness (QED) is 0.663. The van der Waals surface area contributed by atoms with Gasteiger partial charge < -0.3 is 11.1 Å². The normalized spacial score (nSPS) is 10.7. The van der Waals surface area contributed by atoms with Gasteiger partial charge in [0, 0.05) is 18.3 Å². The van der Waals surface area contributed by atoms with Crippen molar-refractivity contribution >= 4 is 17.7 Å². The summed E-state index contributed by atoms with van der Waals surface area (Å²) in [5.74, 6) is -0.552. The molecular weight excluding hydrogens is 255 g/mol. The van der Waals surface area contributed by atoms with Crippen molar-refractivity contribution in [2.24, 2.45) is 0 Å². The van der Waals surface area contributed by atoms with Gasteiger partial charge in [0.15, 0.2) is 0 Å². The Kier molecular flexibility index (Phi) is 4.50. The standard InChI is InChI=1S/C16H15FN2O/c17-14-5-1-4-13(9-14)11-19-16(20)8-7-12-3-2-6-15(18)10-12/h1-10H,11,18H2,(H,19,20)/b8-7+. The molecule has 0 aliphatic carbocycles. The largest absolute Gasteiger partial charge is 0.399 e. The van der Waals surface area contributed by atoms with E-state index in [-0.39, 0.29) is 18.3 Å². The van der Waals surface area contributed by atoms with Gasteiger partial charge in [0.1, 0.15) is 5.82 Å². The molecule has 0 radical (unpaired) electrons. The Labute approximate surface area is 116 Å². The lowest BCUT2D eigenvalue weighted by molar-refractivity contribution is -0.116. The van der Waals surface area contributed by atoms with Crippen LogP contribution in [0.25, 0.3) is 6.08 Å². The van der Waals surface area contributed by atoms with E-state index in [4.69, 9.17) is 5.73 Å². The van der Waals surface area contributed by atoms with Crippen LogP contribution in [0.4, 0.5) is 10.1 Å². The van der Waals surface area contributed by atoms with E-state index in [0.717, 1.165) is 11.1 Å². The average molecular weight is 270 g/mol. The number of hydrogen-bond acceptors (Lipinski definition) is 2. The molecule has 20 heavy (non-hydrogen) atoms. The Morgan fingerprint density at radius 3 is 2.75 bits per heavy atom. The number of rotatable bonds is 4. The first-order valence-electron chi connectivity index (χ1n) is 6.19. The molecule has 3 nitrogen and oxygen atoms in total. The maximum absolute atomic E-state index is 13.0. The van der Waals surface area contributed by atoms with Gasteiger partial charge in [-0.3, -0.25) is 4.79 Å². The fraction of sp³-hybridized carbons (Fsp3) is 0.0625. The molecule has 0 spiro atoms. The van der Waals surface area contributed by atoms with Gasteiger partial charge in [0.25, 0.3) is 0 Å². The third-order valence-electron chi connectivity index (χ3n) is 2.69. The number of carbonyl (C=O) groups is 1. The number of nitrogens with one attached hydrogen (secondary N) is 1. The van der Waals surface area contributed by atoms with E-state index in [0.29, 0.717) is 5.69 Å². The summed E-state index contributed by atoms with van der Waals surface area (Å²) in [5, 5.41) is 2.69. The second-order valence-corrected chi connectivity index (χ2v) is 4.35. The molecule has 2 rings (SSSR count). The second kappa shape index (κ2) is 6.52. The first-order valence-corrected chi connectivity index (χ1v) is 6.19. The van der Waals surface area contributed by atoms with Crippen LogP contribution in [0.5, 0.6) is 0 Å². The highest BCUT2D eigenvalue weighted by Crippen LogP contribution is 2.08. The molecule has 1 amide bonds. The van der Waals surface area contributed by atoms with Crippen molar-refractivity contribution in [1.82, 2.24) is 5.32 Å². The van der Waals surface area contributed by atoms with Gasteiger partial charge in [-0.1, -0.05) is 24.3 Å². The van der Waals surface area contributed by atoms with Crippen molar-refractivity contribution in [3.63, 3.8) is 0 Å². The molecule has 0 unspecified atom stereocenters. The topological polar surface area (TPSA) is 55.1 Å². The molecular formula is C16H15FN2O. The van der Waals surface area contributed by atoms with E-state index in [1.54, 1.807) is 30.3 Å². The lowest BCUT2D eigenvalue weighted by Crippen LogP contribution is -2.20. The molecule has 4 heteroatoms. The molecule has 0 heterocycles. The lowest BCUT2D eigenvalue weighted by Gasteiger charge is -2.02. The molecule has 0 aromatic heterocycles. The van der Waals surface area contributed by atoms with Crippen molar-refractivity contribution in [1.29, 1.82) is 0 Å². The third kappa shape index (κ3) is 4.24.